The summed E-state index contributed by atoms with van der Waals surface area (Å²) >= 11 is 0. The Hall–Kier alpha value is -4.64. The van der Waals surface area contributed by atoms with Gasteiger partial charge in [0.25, 0.3) is 5.56 Å². The van der Waals surface area contributed by atoms with E-state index in [-0.39, 0.29) is 23.3 Å². The van der Waals surface area contributed by atoms with Crippen LogP contribution in [0, 0.1) is 11.8 Å². The maximum atomic E-state index is 13.5. The number of pyridine rings is 1. The van der Waals surface area contributed by atoms with E-state index in [0.717, 1.165) is 42.4 Å². The first-order valence-corrected chi connectivity index (χ1v) is 13.4. The second-order valence-electron chi connectivity index (χ2n) is 10.1. The Balaban J connectivity index is 1.31. The van der Waals surface area contributed by atoms with E-state index in [0.29, 0.717) is 36.0 Å². The van der Waals surface area contributed by atoms with E-state index in [1.165, 1.54) is 0 Å². The van der Waals surface area contributed by atoms with E-state index in [4.69, 9.17) is 5.73 Å². The summed E-state index contributed by atoms with van der Waals surface area (Å²) in [5.74, 6) is 0.331. The third kappa shape index (κ3) is 6.49. The van der Waals surface area contributed by atoms with E-state index in [9.17, 15) is 14.4 Å². The summed E-state index contributed by atoms with van der Waals surface area (Å²) < 4.78 is 0. The van der Waals surface area contributed by atoms with Crippen LogP contribution in [0.2, 0.25) is 0 Å². The largest absolute Gasteiger partial charge is 0.344 e. The van der Waals surface area contributed by atoms with Gasteiger partial charge in [0.1, 0.15) is 6.04 Å². The van der Waals surface area contributed by atoms with E-state index >= 15 is 0 Å². The number of amides is 2. The molecule has 0 bridgehead atoms. The monoisotopic (exact) mass is 540 g/mol. The molecule has 5 rings (SSSR count). The standard InChI is InChI=1S/C29H32N8O3/c30-17-19-5-9-22(10-6-19)27(38)33-25(16-18-3-7-20(8-4-18)24-2-1-15-31-28(24)39)29(40)32-23-13-11-21(12-14-23)26-34-36-37-35-26/h1-4,7-8,11-15,19,22,25H,5-6,9-10,16-17,30H2,(H,31,39)(H,32,40)(H,33,38)(H,34,35,36,37). The van der Waals surface area contributed by atoms with E-state index in [2.05, 4.69) is 36.2 Å². The fourth-order valence-corrected chi connectivity index (χ4v) is 5.08. The summed E-state index contributed by atoms with van der Waals surface area (Å²) in [6.45, 7) is 0.635. The molecular weight excluding hydrogens is 508 g/mol. The molecule has 1 saturated carbocycles. The molecule has 2 heterocycles. The lowest BCUT2D eigenvalue weighted by Crippen LogP contribution is -2.48. The number of carbonyl (C=O) groups is 2. The number of nitrogens with zero attached hydrogens (tertiary/aromatic N) is 3. The van der Waals surface area contributed by atoms with Crippen LogP contribution < -0.4 is 21.9 Å². The second kappa shape index (κ2) is 12.5. The zero-order valence-electron chi connectivity index (χ0n) is 22.0. The van der Waals surface area contributed by atoms with Crippen molar-refractivity contribution in [3.05, 3.63) is 82.8 Å². The predicted octanol–water partition coefficient (Wildman–Crippen LogP) is 2.65. The van der Waals surface area contributed by atoms with Gasteiger partial charge in [-0.05, 0) is 90.9 Å². The number of nitrogens with one attached hydrogen (secondary N) is 4. The fraction of sp³-hybridized carbons (Fsp3) is 0.310. The zero-order valence-corrected chi connectivity index (χ0v) is 22.0. The highest BCUT2D eigenvalue weighted by molar-refractivity contribution is 5.97. The molecule has 2 aromatic carbocycles. The first kappa shape index (κ1) is 26.9. The quantitative estimate of drug-likeness (QED) is 0.217. The van der Waals surface area contributed by atoms with Crippen LogP contribution in [0.25, 0.3) is 22.5 Å². The van der Waals surface area contributed by atoms with Gasteiger partial charge in [0, 0.05) is 35.3 Å². The number of aromatic amines is 2. The SMILES string of the molecule is NCC1CCC(C(=O)NC(Cc2ccc(-c3ccc[nH]c3=O)cc2)C(=O)Nc2ccc(-c3nn[nH]n3)cc2)CC1. The predicted molar refractivity (Wildman–Crippen MR) is 151 cm³/mol. The Labute approximate surface area is 231 Å². The van der Waals surface area contributed by atoms with Crippen LogP contribution >= 0.6 is 0 Å². The molecule has 0 spiro atoms. The van der Waals surface area contributed by atoms with Crippen molar-refractivity contribution < 1.29 is 9.59 Å². The number of nitrogens with two attached hydrogens (primary N) is 1. The van der Waals surface area contributed by atoms with Gasteiger partial charge in [0.15, 0.2) is 0 Å². The number of tetrazole rings is 1. The zero-order chi connectivity index (χ0) is 27.9. The van der Waals surface area contributed by atoms with Crippen molar-refractivity contribution in [1.29, 1.82) is 0 Å². The molecule has 0 saturated heterocycles. The minimum absolute atomic E-state index is 0.115. The molecule has 2 aromatic heterocycles. The molecule has 40 heavy (non-hydrogen) atoms. The molecule has 1 atom stereocenters. The molecule has 1 fully saturated rings. The van der Waals surface area contributed by atoms with Crippen molar-refractivity contribution in [2.24, 2.45) is 17.6 Å². The van der Waals surface area contributed by atoms with E-state index < -0.39 is 6.04 Å². The van der Waals surface area contributed by atoms with Crippen molar-refractivity contribution in [2.75, 3.05) is 11.9 Å². The van der Waals surface area contributed by atoms with Gasteiger partial charge in [-0.1, -0.05) is 24.3 Å². The van der Waals surface area contributed by atoms with Crippen LogP contribution in [0.15, 0.2) is 71.7 Å². The van der Waals surface area contributed by atoms with Crippen molar-refractivity contribution in [1.82, 2.24) is 30.9 Å². The van der Waals surface area contributed by atoms with Gasteiger partial charge >= 0.3 is 0 Å². The van der Waals surface area contributed by atoms with Crippen molar-refractivity contribution in [2.45, 2.75) is 38.1 Å². The molecule has 1 aliphatic rings. The van der Waals surface area contributed by atoms with E-state index in [1.54, 1.807) is 42.6 Å². The summed E-state index contributed by atoms with van der Waals surface area (Å²) in [6, 6.07) is 17.3. The van der Waals surface area contributed by atoms with Gasteiger partial charge in [-0.25, -0.2) is 0 Å². The first-order chi connectivity index (χ1) is 19.5. The lowest BCUT2D eigenvalue weighted by molar-refractivity contribution is -0.130. The Bertz CT molecular complexity index is 1470. The minimum atomic E-state index is -0.789. The topological polar surface area (TPSA) is 172 Å². The fourth-order valence-electron chi connectivity index (χ4n) is 5.08. The highest BCUT2D eigenvalue weighted by Gasteiger charge is 2.29. The third-order valence-corrected chi connectivity index (χ3v) is 7.46. The number of rotatable bonds is 9. The molecule has 1 unspecified atom stereocenters. The van der Waals surface area contributed by atoms with Crippen LogP contribution in [0.3, 0.4) is 0 Å². The number of aromatic nitrogens is 5. The molecule has 11 heteroatoms. The molecule has 4 aromatic rings. The van der Waals surface area contributed by atoms with Gasteiger partial charge in [-0.3, -0.25) is 14.4 Å². The lowest BCUT2D eigenvalue weighted by atomic mass is 9.81. The molecule has 11 nitrogen and oxygen atoms in total. The van der Waals surface area contributed by atoms with Gasteiger partial charge in [-0.15, -0.1) is 10.2 Å². The normalized spacial score (nSPS) is 17.6. The highest BCUT2D eigenvalue weighted by atomic mass is 16.2. The van der Waals surface area contributed by atoms with Gasteiger partial charge in [0.2, 0.25) is 17.6 Å². The number of carbonyl (C=O) groups excluding carboxylic acids is 2. The number of hydrogen-bond donors (Lipinski definition) is 5. The number of hydrogen-bond acceptors (Lipinski definition) is 7. The molecule has 0 aliphatic heterocycles. The highest BCUT2D eigenvalue weighted by Crippen LogP contribution is 2.28. The number of anilines is 1. The minimum Gasteiger partial charge on any atom is -0.344 e. The van der Waals surface area contributed by atoms with Crippen LogP contribution in [0.4, 0.5) is 5.69 Å². The maximum absolute atomic E-state index is 13.5. The van der Waals surface area contributed by atoms with Gasteiger partial charge in [0.05, 0.1) is 0 Å². The number of benzene rings is 2. The average Bonchev–Trinajstić information content (AvgIpc) is 3.53. The molecular formula is C29H32N8O3. The van der Waals surface area contributed by atoms with Crippen LogP contribution in [-0.4, -0.2) is 50.0 Å². The smallest absolute Gasteiger partial charge is 0.255 e. The lowest BCUT2D eigenvalue weighted by Gasteiger charge is -2.28. The van der Waals surface area contributed by atoms with Crippen molar-refractivity contribution in [3.8, 4) is 22.5 Å². The Morgan fingerprint density at radius 3 is 2.35 bits per heavy atom. The molecule has 6 N–H and O–H groups in total. The van der Waals surface area contributed by atoms with Gasteiger partial charge < -0.3 is 21.4 Å². The third-order valence-electron chi connectivity index (χ3n) is 7.46. The Morgan fingerprint density at radius 1 is 0.975 bits per heavy atom. The van der Waals surface area contributed by atoms with E-state index in [1.807, 2.05) is 24.3 Å². The molecule has 2 amide bonds. The molecule has 0 radical (unpaired) electrons. The Morgan fingerprint density at radius 2 is 1.70 bits per heavy atom. The molecule has 1 aliphatic carbocycles. The van der Waals surface area contributed by atoms with Crippen LogP contribution in [0.5, 0.6) is 0 Å². The summed E-state index contributed by atoms with van der Waals surface area (Å²) in [7, 11) is 0. The Kier molecular flexibility index (Phi) is 8.41. The van der Waals surface area contributed by atoms with Crippen molar-refractivity contribution >= 4 is 17.5 Å². The van der Waals surface area contributed by atoms with Crippen molar-refractivity contribution in [3.63, 3.8) is 0 Å². The van der Waals surface area contributed by atoms with Gasteiger partial charge in [-0.2, -0.15) is 5.21 Å². The number of H-pyrrole nitrogens is 2. The summed E-state index contributed by atoms with van der Waals surface area (Å²) in [6.07, 6.45) is 5.24. The molecule has 206 valence electrons. The van der Waals surface area contributed by atoms with Crippen LogP contribution in [0.1, 0.15) is 31.2 Å². The van der Waals surface area contributed by atoms with Crippen LogP contribution in [-0.2, 0) is 16.0 Å². The average molecular weight is 541 g/mol. The summed E-state index contributed by atoms with van der Waals surface area (Å²) in [5.41, 5.74) is 9.17. The first-order valence-electron chi connectivity index (χ1n) is 13.4. The second-order valence-corrected chi connectivity index (χ2v) is 10.1. The maximum Gasteiger partial charge on any atom is 0.255 e. The summed E-state index contributed by atoms with van der Waals surface area (Å²) in [5, 5.41) is 19.8. The summed E-state index contributed by atoms with van der Waals surface area (Å²) in [4.78, 5) is 41.5.